The molecular weight excluding hydrogens is 360 g/mol. The monoisotopic (exact) mass is 382 g/mol. The smallest absolute Gasteiger partial charge is 0.335 e. The number of carboxylic acids is 1. The van der Waals surface area contributed by atoms with Crippen LogP contribution >= 0.6 is 0 Å². The molecule has 1 saturated heterocycles. The first-order valence-electron chi connectivity index (χ1n) is 9.08. The van der Waals surface area contributed by atoms with Gasteiger partial charge in [0, 0.05) is 18.8 Å². The maximum atomic E-state index is 12.3. The van der Waals surface area contributed by atoms with Crippen molar-refractivity contribution in [2.75, 3.05) is 31.6 Å². The number of morpholine rings is 1. The van der Waals surface area contributed by atoms with E-state index in [4.69, 9.17) is 4.74 Å². The zero-order chi connectivity index (χ0) is 19.9. The molecule has 7 heteroatoms. The number of benzene rings is 2. The summed E-state index contributed by atoms with van der Waals surface area (Å²) in [6.45, 7) is 2.37. The second kappa shape index (κ2) is 9.14. The first-order valence-corrected chi connectivity index (χ1v) is 9.08. The topological polar surface area (TPSA) is 95.9 Å². The van der Waals surface area contributed by atoms with Gasteiger partial charge in [-0.25, -0.2) is 4.79 Å². The Kier molecular flexibility index (Phi) is 6.39. The average molecular weight is 382 g/mol. The van der Waals surface area contributed by atoms with Crippen molar-refractivity contribution < 1.29 is 24.2 Å². The summed E-state index contributed by atoms with van der Waals surface area (Å²) in [5, 5.41) is 12.0. The van der Waals surface area contributed by atoms with Gasteiger partial charge in [-0.05, 0) is 29.3 Å². The van der Waals surface area contributed by atoms with E-state index in [2.05, 4.69) is 5.32 Å². The molecule has 0 aromatic heterocycles. The van der Waals surface area contributed by atoms with Crippen LogP contribution in [0.5, 0.6) is 0 Å². The van der Waals surface area contributed by atoms with E-state index in [-0.39, 0.29) is 23.8 Å². The second-order valence-electron chi connectivity index (χ2n) is 6.55. The fraction of sp³-hybridized carbons (Fsp3) is 0.286. The van der Waals surface area contributed by atoms with Gasteiger partial charge in [0.05, 0.1) is 31.6 Å². The third kappa shape index (κ3) is 5.17. The number of hydrogen-bond acceptors (Lipinski definition) is 4. The molecule has 0 atom stereocenters. The summed E-state index contributed by atoms with van der Waals surface area (Å²) in [6, 6.07) is 13.5. The maximum Gasteiger partial charge on any atom is 0.335 e. The third-order valence-electron chi connectivity index (χ3n) is 4.56. The SMILES string of the molecule is O=C(Cc1ccccc1C(=O)O)Nc1ccc(CC(=O)N2CCOCC2)cc1. The molecule has 0 spiro atoms. The Morgan fingerprint density at radius 3 is 2.32 bits per heavy atom. The van der Waals surface area contributed by atoms with Gasteiger partial charge in [0.1, 0.15) is 0 Å². The van der Waals surface area contributed by atoms with Gasteiger partial charge < -0.3 is 20.1 Å². The molecule has 2 aromatic carbocycles. The van der Waals surface area contributed by atoms with E-state index in [1.54, 1.807) is 47.4 Å². The van der Waals surface area contributed by atoms with Crippen molar-refractivity contribution in [1.29, 1.82) is 0 Å². The second-order valence-corrected chi connectivity index (χ2v) is 6.55. The highest BCUT2D eigenvalue weighted by atomic mass is 16.5. The molecule has 2 N–H and O–H groups in total. The number of aromatic carboxylic acids is 1. The minimum absolute atomic E-state index is 0.0280. The first kappa shape index (κ1) is 19.6. The molecule has 0 aliphatic carbocycles. The lowest BCUT2D eigenvalue weighted by Crippen LogP contribution is -2.41. The molecule has 28 heavy (non-hydrogen) atoms. The summed E-state index contributed by atoms with van der Waals surface area (Å²) in [4.78, 5) is 37.5. The highest BCUT2D eigenvalue weighted by Gasteiger charge is 2.17. The van der Waals surface area contributed by atoms with Crippen molar-refractivity contribution in [2.24, 2.45) is 0 Å². The van der Waals surface area contributed by atoms with Crippen molar-refractivity contribution in [2.45, 2.75) is 12.8 Å². The number of anilines is 1. The molecule has 1 aliphatic rings. The largest absolute Gasteiger partial charge is 0.478 e. The molecule has 0 bridgehead atoms. The molecule has 1 fully saturated rings. The van der Waals surface area contributed by atoms with Crippen molar-refractivity contribution >= 4 is 23.5 Å². The van der Waals surface area contributed by atoms with Crippen LogP contribution in [0.4, 0.5) is 5.69 Å². The van der Waals surface area contributed by atoms with Gasteiger partial charge in [0.2, 0.25) is 11.8 Å². The lowest BCUT2D eigenvalue weighted by molar-refractivity contribution is -0.134. The zero-order valence-corrected chi connectivity index (χ0v) is 15.4. The number of amides is 2. The Morgan fingerprint density at radius 2 is 1.64 bits per heavy atom. The van der Waals surface area contributed by atoms with E-state index in [0.29, 0.717) is 44.0 Å². The van der Waals surface area contributed by atoms with Crippen LogP contribution in [0, 0.1) is 0 Å². The number of nitrogens with one attached hydrogen (secondary N) is 1. The fourth-order valence-electron chi connectivity index (χ4n) is 3.07. The van der Waals surface area contributed by atoms with Gasteiger partial charge in [-0.2, -0.15) is 0 Å². The van der Waals surface area contributed by atoms with Crippen LogP contribution in [0.2, 0.25) is 0 Å². The van der Waals surface area contributed by atoms with Crippen molar-refractivity contribution in [3.63, 3.8) is 0 Å². The van der Waals surface area contributed by atoms with Crippen molar-refractivity contribution in [3.8, 4) is 0 Å². The summed E-state index contributed by atoms with van der Waals surface area (Å²) in [7, 11) is 0. The van der Waals surface area contributed by atoms with E-state index in [1.165, 1.54) is 6.07 Å². The van der Waals surface area contributed by atoms with Crippen LogP contribution in [-0.2, 0) is 27.2 Å². The van der Waals surface area contributed by atoms with Gasteiger partial charge in [0.25, 0.3) is 0 Å². The molecule has 1 heterocycles. The van der Waals surface area contributed by atoms with Gasteiger partial charge in [-0.15, -0.1) is 0 Å². The van der Waals surface area contributed by atoms with Crippen LogP contribution in [0.1, 0.15) is 21.5 Å². The van der Waals surface area contributed by atoms with Crippen LogP contribution in [0.3, 0.4) is 0 Å². The van der Waals surface area contributed by atoms with E-state index < -0.39 is 5.97 Å². The van der Waals surface area contributed by atoms with Crippen LogP contribution in [0.25, 0.3) is 0 Å². The molecule has 0 unspecified atom stereocenters. The summed E-state index contributed by atoms with van der Waals surface area (Å²) < 4.78 is 5.25. The number of rotatable bonds is 6. The molecule has 2 aromatic rings. The number of hydrogen-bond donors (Lipinski definition) is 2. The maximum absolute atomic E-state index is 12.3. The number of ether oxygens (including phenoxy) is 1. The van der Waals surface area contributed by atoms with Gasteiger partial charge >= 0.3 is 5.97 Å². The lowest BCUT2D eigenvalue weighted by atomic mass is 10.0. The quantitative estimate of drug-likeness (QED) is 0.796. The molecule has 146 valence electrons. The molecule has 3 rings (SSSR count). The Labute approximate surface area is 162 Å². The van der Waals surface area contributed by atoms with E-state index in [1.807, 2.05) is 0 Å². The predicted octanol–water partition coefficient (Wildman–Crippen LogP) is 1.97. The van der Waals surface area contributed by atoms with Crippen LogP contribution in [-0.4, -0.2) is 54.1 Å². The fourth-order valence-corrected chi connectivity index (χ4v) is 3.07. The minimum atomic E-state index is -1.06. The predicted molar refractivity (Wildman–Crippen MR) is 103 cm³/mol. The Balaban J connectivity index is 1.56. The number of nitrogens with zero attached hydrogens (tertiary/aromatic N) is 1. The molecule has 2 amide bonds. The van der Waals surface area contributed by atoms with Crippen LogP contribution < -0.4 is 5.32 Å². The highest BCUT2D eigenvalue weighted by Crippen LogP contribution is 2.14. The minimum Gasteiger partial charge on any atom is -0.478 e. The van der Waals surface area contributed by atoms with Gasteiger partial charge in [-0.1, -0.05) is 30.3 Å². The Hall–Kier alpha value is -3.19. The Morgan fingerprint density at radius 1 is 0.964 bits per heavy atom. The summed E-state index contributed by atoms with van der Waals surface area (Å²) >= 11 is 0. The van der Waals surface area contributed by atoms with Crippen molar-refractivity contribution in [3.05, 3.63) is 65.2 Å². The molecule has 1 aliphatic heterocycles. The zero-order valence-electron chi connectivity index (χ0n) is 15.4. The first-order chi connectivity index (χ1) is 13.5. The van der Waals surface area contributed by atoms with E-state index in [0.717, 1.165) is 5.56 Å². The number of carboxylic acid groups (broad SMARTS) is 1. The van der Waals surface area contributed by atoms with Crippen LogP contribution in [0.15, 0.2) is 48.5 Å². The average Bonchev–Trinajstić information content (AvgIpc) is 2.70. The standard InChI is InChI=1S/C21H22N2O5/c24-19(14-16-3-1-2-4-18(16)21(26)27)22-17-7-5-15(6-8-17)13-20(25)23-9-11-28-12-10-23/h1-8H,9-14H2,(H,22,24)(H,26,27). The lowest BCUT2D eigenvalue weighted by Gasteiger charge is -2.26. The van der Waals surface area contributed by atoms with Gasteiger partial charge in [0.15, 0.2) is 0 Å². The Bertz CT molecular complexity index is 857. The number of carbonyl (C=O) groups is 3. The highest BCUT2D eigenvalue weighted by molar-refractivity contribution is 5.96. The number of carbonyl (C=O) groups excluding carboxylic acids is 2. The van der Waals surface area contributed by atoms with E-state index >= 15 is 0 Å². The summed E-state index contributed by atoms with van der Waals surface area (Å²) in [6.07, 6.45) is 0.278. The molecule has 0 saturated carbocycles. The summed E-state index contributed by atoms with van der Waals surface area (Å²) in [5.41, 5.74) is 2.04. The molecule has 0 radical (unpaired) electrons. The molecular formula is C21H22N2O5. The molecule has 7 nitrogen and oxygen atoms in total. The van der Waals surface area contributed by atoms with E-state index in [9.17, 15) is 19.5 Å². The normalized spacial score (nSPS) is 13.8. The third-order valence-corrected chi connectivity index (χ3v) is 4.56. The summed E-state index contributed by atoms with van der Waals surface area (Å²) in [5.74, 6) is -1.30. The van der Waals surface area contributed by atoms with Crippen molar-refractivity contribution in [1.82, 2.24) is 4.90 Å². The van der Waals surface area contributed by atoms with Gasteiger partial charge in [-0.3, -0.25) is 9.59 Å².